The van der Waals surface area contributed by atoms with Crippen molar-refractivity contribution in [2.75, 3.05) is 4.72 Å². The van der Waals surface area contributed by atoms with Gasteiger partial charge >= 0.3 is 0 Å². The zero-order chi connectivity index (χ0) is 20.8. The van der Waals surface area contributed by atoms with Crippen LogP contribution in [0.5, 0.6) is 0 Å². The van der Waals surface area contributed by atoms with Gasteiger partial charge in [0.2, 0.25) is 0 Å². The summed E-state index contributed by atoms with van der Waals surface area (Å²) in [5.74, 6) is -1.13. The van der Waals surface area contributed by atoms with Crippen molar-refractivity contribution in [3.8, 4) is 0 Å². The van der Waals surface area contributed by atoms with Crippen molar-refractivity contribution in [1.82, 2.24) is 10.3 Å². The number of fused-ring (bicyclic) bond motifs is 1. The first kappa shape index (κ1) is 19.6. The molecule has 29 heavy (non-hydrogen) atoms. The third-order valence-corrected chi connectivity index (χ3v) is 7.67. The summed E-state index contributed by atoms with van der Waals surface area (Å²) in [6.07, 6.45) is 0. The Balaban J connectivity index is 1.58. The maximum absolute atomic E-state index is 12.8. The number of hydrogen-bond donors (Lipinski definition) is 2. The number of benzene rings is 2. The molecule has 1 aliphatic heterocycles. The number of carbonyl (C=O) groups excluding carboxylic acids is 2. The van der Waals surface area contributed by atoms with E-state index in [2.05, 4.69) is 15.0 Å². The molecular formula is C19H15N3O4S3. The Kier molecular flexibility index (Phi) is 4.93. The molecule has 0 spiro atoms. The van der Waals surface area contributed by atoms with Gasteiger partial charge in [-0.1, -0.05) is 11.8 Å². The Morgan fingerprint density at radius 2 is 1.79 bits per heavy atom. The SMILES string of the molecule is Cc1csc(Sc2ccc(NS(=O)(=O)c3ccc4c(c3)C(=O)NC4=O)c(C)c2)n1. The average molecular weight is 446 g/mol. The van der Waals surface area contributed by atoms with Gasteiger partial charge in [-0.2, -0.15) is 0 Å². The fourth-order valence-corrected chi connectivity index (χ4v) is 5.88. The molecule has 148 valence electrons. The van der Waals surface area contributed by atoms with E-state index in [1.165, 1.54) is 30.0 Å². The minimum Gasteiger partial charge on any atom is -0.288 e. The van der Waals surface area contributed by atoms with Gasteiger partial charge in [-0.25, -0.2) is 13.4 Å². The van der Waals surface area contributed by atoms with E-state index in [0.29, 0.717) is 5.69 Å². The van der Waals surface area contributed by atoms with Crippen molar-refractivity contribution in [3.63, 3.8) is 0 Å². The minimum absolute atomic E-state index is 0.0556. The second-order valence-electron chi connectivity index (χ2n) is 6.43. The molecule has 0 atom stereocenters. The second kappa shape index (κ2) is 7.29. The fourth-order valence-electron chi connectivity index (χ4n) is 2.81. The third kappa shape index (κ3) is 3.91. The third-order valence-electron chi connectivity index (χ3n) is 4.26. The first-order valence-corrected chi connectivity index (χ1v) is 11.6. The summed E-state index contributed by atoms with van der Waals surface area (Å²) >= 11 is 3.07. The second-order valence-corrected chi connectivity index (χ2v) is 10.3. The van der Waals surface area contributed by atoms with E-state index in [1.807, 2.05) is 31.4 Å². The van der Waals surface area contributed by atoms with Crippen molar-refractivity contribution >= 4 is 50.6 Å². The van der Waals surface area contributed by atoms with E-state index in [0.717, 1.165) is 20.5 Å². The zero-order valence-corrected chi connectivity index (χ0v) is 17.8. The van der Waals surface area contributed by atoms with Crippen LogP contribution in [0, 0.1) is 13.8 Å². The Bertz CT molecular complexity index is 1270. The number of nitrogens with zero attached hydrogens (tertiary/aromatic N) is 1. The zero-order valence-electron chi connectivity index (χ0n) is 15.3. The molecule has 0 saturated carbocycles. The predicted octanol–water partition coefficient (Wildman–Crippen LogP) is 3.60. The van der Waals surface area contributed by atoms with Crippen LogP contribution in [0.15, 0.2) is 55.9 Å². The fraction of sp³-hybridized carbons (Fsp3) is 0.105. The molecule has 1 aliphatic rings. The predicted molar refractivity (Wildman–Crippen MR) is 111 cm³/mol. The van der Waals surface area contributed by atoms with E-state index < -0.39 is 21.8 Å². The number of rotatable bonds is 5. The molecule has 0 fully saturated rings. The lowest BCUT2D eigenvalue weighted by Crippen LogP contribution is -2.20. The minimum atomic E-state index is -3.93. The normalized spacial score (nSPS) is 13.3. The largest absolute Gasteiger partial charge is 0.288 e. The average Bonchev–Trinajstić information content (AvgIpc) is 3.20. The van der Waals surface area contributed by atoms with Gasteiger partial charge in [0.05, 0.1) is 21.7 Å². The number of aryl methyl sites for hydroxylation is 2. The Morgan fingerprint density at radius 1 is 1.03 bits per heavy atom. The number of hydrogen-bond acceptors (Lipinski definition) is 7. The van der Waals surface area contributed by atoms with Crippen LogP contribution in [0.2, 0.25) is 0 Å². The van der Waals surface area contributed by atoms with Gasteiger partial charge in [-0.05, 0) is 55.8 Å². The summed E-state index contributed by atoms with van der Waals surface area (Å²) in [5, 5.41) is 4.12. The van der Waals surface area contributed by atoms with Crippen LogP contribution >= 0.6 is 23.1 Å². The Hall–Kier alpha value is -2.69. The smallest absolute Gasteiger partial charge is 0.261 e. The lowest BCUT2D eigenvalue weighted by Gasteiger charge is -2.12. The molecule has 2 N–H and O–H groups in total. The first-order chi connectivity index (χ1) is 13.7. The van der Waals surface area contributed by atoms with Crippen LogP contribution in [0.4, 0.5) is 5.69 Å². The number of aromatic nitrogens is 1. The van der Waals surface area contributed by atoms with Crippen molar-refractivity contribution in [2.24, 2.45) is 0 Å². The van der Waals surface area contributed by atoms with E-state index in [-0.39, 0.29) is 16.0 Å². The molecule has 7 nitrogen and oxygen atoms in total. The van der Waals surface area contributed by atoms with Crippen LogP contribution in [-0.4, -0.2) is 25.2 Å². The quantitative estimate of drug-likeness (QED) is 0.582. The topological polar surface area (TPSA) is 105 Å². The van der Waals surface area contributed by atoms with Crippen molar-refractivity contribution in [3.05, 3.63) is 64.2 Å². The monoisotopic (exact) mass is 445 g/mol. The van der Waals surface area contributed by atoms with Crippen LogP contribution < -0.4 is 10.0 Å². The Morgan fingerprint density at radius 3 is 2.48 bits per heavy atom. The molecule has 3 aromatic rings. The highest BCUT2D eigenvalue weighted by atomic mass is 32.2. The van der Waals surface area contributed by atoms with Gasteiger partial charge in [0, 0.05) is 16.0 Å². The summed E-state index contributed by atoms with van der Waals surface area (Å²) in [6, 6.07) is 9.26. The molecular weight excluding hydrogens is 430 g/mol. The highest BCUT2D eigenvalue weighted by Gasteiger charge is 2.29. The van der Waals surface area contributed by atoms with Crippen LogP contribution in [-0.2, 0) is 10.0 Å². The van der Waals surface area contributed by atoms with Gasteiger partial charge in [0.1, 0.15) is 0 Å². The molecule has 2 heterocycles. The summed E-state index contributed by atoms with van der Waals surface area (Å²) < 4.78 is 29.0. The first-order valence-electron chi connectivity index (χ1n) is 8.46. The molecule has 0 unspecified atom stereocenters. The number of amides is 2. The molecule has 1 aromatic heterocycles. The summed E-state index contributed by atoms with van der Waals surface area (Å²) in [6.45, 7) is 3.74. The van der Waals surface area contributed by atoms with Gasteiger partial charge < -0.3 is 0 Å². The lowest BCUT2D eigenvalue weighted by molar-refractivity contribution is 0.0879. The molecule has 4 rings (SSSR count). The molecule has 10 heteroatoms. The van der Waals surface area contributed by atoms with Crippen molar-refractivity contribution in [1.29, 1.82) is 0 Å². The Labute approximate surface area is 175 Å². The van der Waals surface area contributed by atoms with Crippen LogP contribution in [0.1, 0.15) is 32.0 Å². The molecule has 0 saturated heterocycles. The number of thiazole rings is 1. The summed E-state index contributed by atoms with van der Waals surface area (Å²) in [5.41, 5.74) is 2.37. The standard InChI is InChI=1S/C19H15N3O4S3/c1-10-7-12(28-19-20-11(2)9-27-19)3-6-16(10)22-29(25,26)13-4-5-14-15(8-13)18(24)21-17(14)23/h3-9,22H,1-2H3,(H,21,23,24). The highest BCUT2D eigenvalue weighted by molar-refractivity contribution is 8.01. The van der Waals surface area contributed by atoms with Gasteiger partial charge in [-0.15, -0.1) is 11.3 Å². The van der Waals surface area contributed by atoms with E-state index >= 15 is 0 Å². The van der Waals surface area contributed by atoms with Gasteiger partial charge in [0.25, 0.3) is 21.8 Å². The molecule has 0 aliphatic carbocycles. The maximum Gasteiger partial charge on any atom is 0.261 e. The van der Waals surface area contributed by atoms with E-state index in [4.69, 9.17) is 0 Å². The van der Waals surface area contributed by atoms with Crippen molar-refractivity contribution < 1.29 is 18.0 Å². The van der Waals surface area contributed by atoms with Crippen molar-refractivity contribution in [2.45, 2.75) is 28.0 Å². The van der Waals surface area contributed by atoms with Crippen LogP contribution in [0.25, 0.3) is 0 Å². The number of sulfonamides is 1. The lowest BCUT2D eigenvalue weighted by atomic mass is 10.1. The molecule has 2 aromatic carbocycles. The molecule has 2 amide bonds. The molecule has 0 bridgehead atoms. The number of imide groups is 1. The summed E-state index contributed by atoms with van der Waals surface area (Å²) in [4.78, 5) is 28.7. The maximum atomic E-state index is 12.8. The summed E-state index contributed by atoms with van der Waals surface area (Å²) in [7, 11) is -3.93. The van der Waals surface area contributed by atoms with Gasteiger partial charge in [0.15, 0.2) is 4.34 Å². The number of anilines is 1. The number of carbonyl (C=O) groups is 2. The van der Waals surface area contributed by atoms with E-state index in [9.17, 15) is 18.0 Å². The number of nitrogens with one attached hydrogen (secondary N) is 2. The van der Waals surface area contributed by atoms with Gasteiger partial charge in [-0.3, -0.25) is 19.6 Å². The van der Waals surface area contributed by atoms with Crippen LogP contribution in [0.3, 0.4) is 0 Å². The molecule has 0 radical (unpaired) electrons. The van der Waals surface area contributed by atoms with E-state index in [1.54, 1.807) is 17.4 Å². The highest BCUT2D eigenvalue weighted by Crippen LogP contribution is 2.33.